The number of para-hydroxylation sites is 1. The standard InChI is InChI=1S/C18H17N3/c1-2-6-15(7-3-1)10-17-8-4-5-9-18(17)21-13-16-11-19-14-20-12-16/h1-9,11-12,14,21H,10,13H2. The largest absolute Gasteiger partial charge is 0.381 e. The Labute approximate surface area is 124 Å². The highest BCUT2D eigenvalue weighted by Gasteiger charge is 2.03. The first kappa shape index (κ1) is 13.3. The molecular weight excluding hydrogens is 258 g/mol. The molecule has 1 N–H and O–H groups in total. The highest BCUT2D eigenvalue weighted by molar-refractivity contribution is 5.53. The second-order valence-electron chi connectivity index (χ2n) is 4.92. The van der Waals surface area contributed by atoms with Crippen molar-refractivity contribution in [2.75, 3.05) is 5.32 Å². The van der Waals surface area contributed by atoms with Gasteiger partial charge in [0.05, 0.1) is 0 Å². The quantitative estimate of drug-likeness (QED) is 0.772. The van der Waals surface area contributed by atoms with E-state index in [-0.39, 0.29) is 0 Å². The summed E-state index contributed by atoms with van der Waals surface area (Å²) in [6, 6.07) is 18.9. The lowest BCUT2D eigenvalue weighted by atomic mass is 10.0. The molecule has 0 bridgehead atoms. The summed E-state index contributed by atoms with van der Waals surface area (Å²) in [4.78, 5) is 8.07. The molecule has 0 saturated carbocycles. The van der Waals surface area contributed by atoms with E-state index >= 15 is 0 Å². The molecule has 104 valence electrons. The summed E-state index contributed by atoms with van der Waals surface area (Å²) in [5.74, 6) is 0. The zero-order chi connectivity index (χ0) is 14.3. The molecule has 0 atom stereocenters. The third kappa shape index (κ3) is 3.66. The van der Waals surface area contributed by atoms with Crippen LogP contribution in [0.15, 0.2) is 73.3 Å². The van der Waals surface area contributed by atoms with Gasteiger partial charge >= 0.3 is 0 Å². The van der Waals surface area contributed by atoms with Crippen LogP contribution in [-0.4, -0.2) is 9.97 Å². The van der Waals surface area contributed by atoms with Gasteiger partial charge in [0.2, 0.25) is 0 Å². The van der Waals surface area contributed by atoms with Crippen molar-refractivity contribution < 1.29 is 0 Å². The van der Waals surface area contributed by atoms with Gasteiger partial charge in [-0.05, 0) is 23.6 Å². The molecule has 0 unspecified atom stereocenters. The first-order valence-electron chi connectivity index (χ1n) is 7.01. The lowest BCUT2D eigenvalue weighted by Gasteiger charge is -2.12. The predicted molar refractivity (Wildman–Crippen MR) is 85.0 cm³/mol. The number of hydrogen-bond acceptors (Lipinski definition) is 3. The van der Waals surface area contributed by atoms with Crippen LogP contribution in [0.4, 0.5) is 5.69 Å². The van der Waals surface area contributed by atoms with E-state index < -0.39 is 0 Å². The lowest BCUT2D eigenvalue weighted by molar-refractivity contribution is 1.04. The van der Waals surface area contributed by atoms with E-state index in [1.807, 2.05) is 18.5 Å². The van der Waals surface area contributed by atoms with Crippen LogP contribution in [0, 0.1) is 0 Å². The van der Waals surface area contributed by atoms with E-state index in [2.05, 4.69) is 63.8 Å². The molecule has 0 saturated heterocycles. The van der Waals surface area contributed by atoms with Crippen LogP contribution in [0.5, 0.6) is 0 Å². The molecule has 3 nitrogen and oxygen atoms in total. The van der Waals surface area contributed by atoms with Crippen LogP contribution in [0.2, 0.25) is 0 Å². The lowest BCUT2D eigenvalue weighted by Crippen LogP contribution is -2.03. The van der Waals surface area contributed by atoms with Gasteiger partial charge in [0.25, 0.3) is 0 Å². The van der Waals surface area contributed by atoms with Crippen LogP contribution >= 0.6 is 0 Å². The zero-order valence-corrected chi connectivity index (χ0v) is 11.7. The number of rotatable bonds is 5. The van der Waals surface area contributed by atoms with Crippen molar-refractivity contribution in [3.63, 3.8) is 0 Å². The predicted octanol–water partition coefficient (Wildman–Crippen LogP) is 3.68. The maximum Gasteiger partial charge on any atom is 0.115 e. The highest BCUT2D eigenvalue weighted by Crippen LogP contribution is 2.19. The van der Waals surface area contributed by atoms with Crippen molar-refractivity contribution in [1.29, 1.82) is 0 Å². The maximum atomic E-state index is 4.04. The molecular formula is C18H17N3. The zero-order valence-electron chi connectivity index (χ0n) is 11.7. The van der Waals surface area contributed by atoms with Crippen LogP contribution in [-0.2, 0) is 13.0 Å². The minimum absolute atomic E-state index is 0.729. The molecule has 0 aliphatic carbocycles. The van der Waals surface area contributed by atoms with Gasteiger partial charge < -0.3 is 5.32 Å². The fraction of sp³-hybridized carbons (Fsp3) is 0.111. The van der Waals surface area contributed by atoms with Gasteiger partial charge in [-0.2, -0.15) is 0 Å². The number of nitrogens with zero attached hydrogens (tertiary/aromatic N) is 2. The summed E-state index contributed by atoms with van der Waals surface area (Å²) in [6.45, 7) is 0.729. The molecule has 0 radical (unpaired) electrons. The molecule has 3 aromatic rings. The Morgan fingerprint density at radius 2 is 1.48 bits per heavy atom. The monoisotopic (exact) mass is 275 g/mol. The second-order valence-corrected chi connectivity index (χ2v) is 4.92. The molecule has 21 heavy (non-hydrogen) atoms. The average Bonchev–Trinajstić information content (AvgIpc) is 2.56. The van der Waals surface area contributed by atoms with Crippen molar-refractivity contribution >= 4 is 5.69 Å². The smallest absolute Gasteiger partial charge is 0.115 e. The van der Waals surface area contributed by atoms with Crippen LogP contribution in [0.25, 0.3) is 0 Å². The molecule has 0 spiro atoms. The van der Waals surface area contributed by atoms with Crippen molar-refractivity contribution in [3.05, 3.63) is 90.0 Å². The minimum atomic E-state index is 0.729. The van der Waals surface area contributed by atoms with Gasteiger partial charge in [-0.25, -0.2) is 9.97 Å². The summed E-state index contributed by atoms with van der Waals surface area (Å²) in [5.41, 5.74) is 4.84. The Kier molecular flexibility index (Phi) is 4.22. The van der Waals surface area contributed by atoms with Crippen LogP contribution < -0.4 is 5.32 Å². The van der Waals surface area contributed by atoms with E-state index in [1.165, 1.54) is 11.1 Å². The summed E-state index contributed by atoms with van der Waals surface area (Å²) < 4.78 is 0. The van der Waals surface area contributed by atoms with Gasteiger partial charge in [-0.1, -0.05) is 48.5 Å². The van der Waals surface area contributed by atoms with E-state index in [4.69, 9.17) is 0 Å². The summed E-state index contributed by atoms with van der Waals surface area (Å²) >= 11 is 0. The van der Waals surface area contributed by atoms with Gasteiger partial charge in [-0.3, -0.25) is 0 Å². The van der Waals surface area contributed by atoms with Gasteiger partial charge in [0, 0.05) is 30.2 Å². The maximum absolute atomic E-state index is 4.04. The van der Waals surface area contributed by atoms with E-state index in [1.54, 1.807) is 6.33 Å². The van der Waals surface area contributed by atoms with E-state index in [0.29, 0.717) is 0 Å². The molecule has 1 aromatic heterocycles. The molecule has 2 aromatic carbocycles. The van der Waals surface area contributed by atoms with Gasteiger partial charge in [0.15, 0.2) is 0 Å². The first-order chi connectivity index (χ1) is 10.4. The summed E-state index contributed by atoms with van der Waals surface area (Å²) in [5, 5.41) is 3.47. The molecule has 1 heterocycles. The number of aromatic nitrogens is 2. The SMILES string of the molecule is c1ccc(Cc2ccccc2NCc2cncnc2)cc1. The van der Waals surface area contributed by atoms with Crippen LogP contribution in [0.3, 0.4) is 0 Å². The molecule has 3 heteroatoms. The summed E-state index contributed by atoms with van der Waals surface area (Å²) in [6.07, 6.45) is 6.14. The molecule has 0 aliphatic rings. The Balaban J connectivity index is 1.73. The molecule has 0 aliphatic heterocycles. The van der Waals surface area contributed by atoms with Crippen molar-refractivity contribution in [2.24, 2.45) is 0 Å². The summed E-state index contributed by atoms with van der Waals surface area (Å²) in [7, 11) is 0. The van der Waals surface area contributed by atoms with Crippen LogP contribution in [0.1, 0.15) is 16.7 Å². The minimum Gasteiger partial charge on any atom is -0.381 e. The van der Waals surface area contributed by atoms with E-state index in [0.717, 1.165) is 24.2 Å². The third-order valence-corrected chi connectivity index (χ3v) is 3.35. The number of hydrogen-bond donors (Lipinski definition) is 1. The Bertz CT molecular complexity index is 681. The molecule has 0 amide bonds. The van der Waals surface area contributed by atoms with Gasteiger partial charge in [-0.15, -0.1) is 0 Å². The Hall–Kier alpha value is -2.68. The van der Waals surface area contributed by atoms with Crippen molar-refractivity contribution in [1.82, 2.24) is 9.97 Å². The topological polar surface area (TPSA) is 37.8 Å². The van der Waals surface area contributed by atoms with Gasteiger partial charge in [0.1, 0.15) is 6.33 Å². The fourth-order valence-electron chi connectivity index (χ4n) is 2.28. The first-order valence-corrected chi connectivity index (χ1v) is 7.01. The Morgan fingerprint density at radius 1 is 0.762 bits per heavy atom. The number of anilines is 1. The number of benzene rings is 2. The average molecular weight is 275 g/mol. The third-order valence-electron chi connectivity index (χ3n) is 3.35. The fourth-order valence-corrected chi connectivity index (χ4v) is 2.28. The highest BCUT2D eigenvalue weighted by atomic mass is 14.9. The normalized spacial score (nSPS) is 10.3. The molecule has 3 rings (SSSR count). The van der Waals surface area contributed by atoms with E-state index in [9.17, 15) is 0 Å². The molecule has 0 fully saturated rings. The van der Waals surface area contributed by atoms with Crippen molar-refractivity contribution in [3.8, 4) is 0 Å². The van der Waals surface area contributed by atoms with Crippen molar-refractivity contribution in [2.45, 2.75) is 13.0 Å². The Morgan fingerprint density at radius 3 is 2.29 bits per heavy atom. The second kappa shape index (κ2) is 6.66. The number of nitrogens with one attached hydrogen (secondary N) is 1.